The number of nitrogens with zero attached hydrogens (tertiary/aromatic N) is 1. The molecular formula is C66H55NSSi. The zero-order valence-electron chi connectivity index (χ0n) is 39.4. The van der Waals surface area contributed by atoms with Crippen LogP contribution in [0.5, 0.6) is 0 Å². The van der Waals surface area contributed by atoms with Crippen molar-refractivity contribution in [2.75, 3.05) is 4.90 Å². The van der Waals surface area contributed by atoms with Gasteiger partial charge in [0, 0.05) is 21.8 Å². The van der Waals surface area contributed by atoms with Gasteiger partial charge >= 0.3 is 0 Å². The van der Waals surface area contributed by atoms with Crippen LogP contribution in [0.4, 0.5) is 17.1 Å². The fourth-order valence-electron chi connectivity index (χ4n) is 13.2. The van der Waals surface area contributed by atoms with Crippen molar-refractivity contribution >= 4 is 51.7 Å². The van der Waals surface area contributed by atoms with Crippen LogP contribution in [0.3, 0.4) is 0 Å². The van der Waals surface area contributed by atoms with Crippen LogP contribution in [-0.2, 0) is 10.8 Å². The Kier molecular flexibility index (Phi) is 10.1. The van der Waals surface area contributed by atoms with Crippen molar-refractivity contribution < 1.29 is 0 Å². The molecule has 1 nitrogen and oxygen atoms in total. The van der Waals surface area contributed by atoms with Crippen LogP contribution in [0.1, 0.15) is 76.6 Å². The molecule has 13 rings (SSSR count). The second-order valence-corrected chi connectivity index (χ2v) is 26.0. The van der Waals surface area contributed by atoms with Crippen LogP contribution in [0, 0.1) is 0 Å². The maximum atomic E-state index is 2.63. The van der Waals surface area contributed by atoms with Crippen molar-refractivity contribution in [3.63, 3.8) is 0 Å². The Bertz CT molecular complexity index is 3470. The van der Waals surface area contributed by atoms with Crippen molar-refractivity contribution in [3.8, 4) is 22.3 Å². The predicted molar refractivity (Wildman–Crippen MR) is 295 cm³/mol. The molecule has 0 saturated heterocycles. The number of hydrogen-bond acceptors (Lipinski definition) is 2. The molecule has 0 bridgehead atoms. The SMILES string of the molecule is C[Si](C)(c1ccc(C2(c3ccccc3)c3ccccc3-c3ccc(N(c4ccc5c(c4)C(c4ccccc4)(c4ccccc4)c4ccccc4-5)c4ccc5sccc5c4)cc32)cc1)C1CCCCC1. The van der Waals surface area contributed by atoms with Gasteiger partial charge in [-0.15, -0.1) is 11.3 Å². The highest BCUT2D eigenvalue weighted by atomic mass is 32.1. The van der Waals surface area contributed by atoms with E-state index < -0.39 is 18.9 Å². The first-order valence-corrected chi connectivity index (χ1v) is 29.0. The molecule has 1 fully saturated rings. The highest BCUT2D eigenvalue weighted by Crippen LogP contribution is 2.59. The van der Waals surface area contributed by atoms with E-state index in [1.165, 1.54) is 109 Å². The Hall–Kier alpha value is -7.04. The van der Waals surface area contributed by atoms with Crippen LogP contribution in [-0.4, -0.2) is 8.07 Å². The van der Waals surface area contributed by atoms with Gasteiger partial charge < -0.3 is 4.90 Å². The van der Waals surface area contributed by atoms with Crippen LogP contribution >= 0.6 is 11.3 Å². The summed E-state index contributed by atoms with van der Waals surface area (Å²) in [5.41, 5.74) is 18.8. The fraction of sp³-hybridized carbons (Fsp3) is 0.152. The van der Waals surface area contributed by atoms with Gasteiger partial charge in [-0.05, 0) is 132 Å². The Balaban J connectivity index is 1.05. The molecule has 3 aliphatic carbocycles. The van der Waals surface area contributed by atoms with E-state index in [9.17, 15) is 0 Å². The van der Waals surface area contributed by atoms with E-state index >= 15 is 0 Å². The lowest BCUT2D eigenvalue weighted by Crippen LogP contribution is -2.46. The lowest BCUT2D eigenvalue weighted by atomic mass is 9.67. The Labute approximate surface area is 412 Å². The third kappa shape index (κ3) is 6.40. The van der Waals surface area contributed by atoms with Crippen molar-refractivity contribution in [3.05, 3.63) is 274 Å². The smallest absolute Gasteiger partial charge is 0.0836 e. The zero-order chi connectivity index (χ0) is 46.2. The van der Waals surface area contributed by atoms with Crippen LogP contribution in [0.25, 0.3) is 32.3 Å². The molecular weight excluding hydrogens is 867 g/mol. The minimum atomic E-state index is -1.69. The minimum absolute atomic E-state index is 0.518. The van der Waals surface area contributed by atoms with Gasteiger partial charge in [0.1, 0.15) is 0 Å². The number of anilines is 3. The molecule has 0 spiro atoms. The average molecular weight is 922 g/mol. The van der Waals surface area contributed by atoms with E-state index in [0.717, 1.165) is 22.6 Å². The molecule has 334 valence electrons. The lowest BCUT2D eigenvalue weighted by Gasteiger charge is -2.37. The van der Waals surface area contributed by atoms with E-state index in [0.29, 0.717) is 0 Å². The molecule has 1 heterocycles. The second-order valence-electron chi connectivity index (χ2n) is 20.3. The summed E-state index contributed by atoms with van der Waals surface area (Å²) >= 11 is 1.80. The molecule has 3 heteroatoms. The Morgan fingerprint density at radius 2 is 0.841 bits per heavy atom. The maximum Gasteiger partial charge on any atom is 0.0836 e. The first-order chi connectivity index (χ1) is 34.0. The number of benzene rings is 9. The van der Waals surface area contributed by atoms with Gasteiger partial charge in [-0.2, -0.15) is 0 Å². The highest BCUT2D eigenvalue weighted by molar-refractivity contribution is 7.17. The molecule has 1 unspecified atom stereocenters. The van der Waals surface area contributed by atoms with E-state index in [1.54, 1.807) is 16.5 Å². The van der Waals surface area contributed by atoms with Gasteiger partial charge in [-0.3, -0.25) is 0 Å². The molecule has 1 atom stereocenters. The highest BCUT2D eigenvalue weighted by Gasteiger charge is 2.48. The average Bonchev–Trinajstić information content (AvgIpc) is 4.10. The van der Waals surface area contributed by atoms with Crippen molar-refractivity contribution in [1.82, 2.24) is 0 Å². The lowest BCUT2D eigenvalue weighted by molar-refractivity contribution is 0.494. The first kappa shape index (κ1) is 42.1. The van der Waals surface area contributed by atoms with E-state index in [4.69, 9.17) is 0 Å². The van der Waals surface area contributed by atoms with Crippen LogP contribution in [0.2, 0.25) is 18.6 Å². The maximum absolute atomic E-state index is 2.63. The second kappa shape index (κ2) is 16.6. The van der Waals surface area contributed by atoms with Crippen molar-refractivity contribution in [2.24, 2.45) is 0 Å². The largest absolute Gasteiger partial charge is 0.310 e. The Morgan fingerprint density at radius 3 is 1.36 bits per heavy atom. The normalized spacial score (nSPS) is 17.0. The number of hydrogen-bond donors (Lipinski definition) is 0. The summed E-state index contributed by atoms with van der Waals surface area (Å²) in [4.78, 5) is 2.53. The van der Waals surface area contributed by atoms with Gasteiger partial charge in [-0.25, -0.2) is 0 Å². The molecule has 0 aliphatic heterocycles. The minimum Gasteiger partial charge on any atom is -0.310 e. The van der Waals surface area contributed by atoms with Crippen molar-refractivity contribution in [2.45, 2.75) is 61.6 Å². The van der Waals surface area contributed by atoms with Gasteiger partial charge in [0.15, 0.2) is 0 Å². The van der Waals surface area contributed by atoms with E-state index in [1.807, 2.05) is 0 Å². The van der Waals surface area contributed by atoms with Gasteiger partial charge in [0.05, 0.1) is 18.9 Å². The summed E-state index contributed by atoms with van der Waals surface area (Å²) in [6.45, 7) is 5.25. The van der Waals surface area contributed by atoms with Gasteiger partial charge in [0.2, 0.25) is 0 Å². The molecule has 3 aliphatic rings. The molecule has 0 radical (unpaired) electrons. The third-order valence-corrected chi connectivity index (χ3v) is 21.9. The molecule has 0 amide bonds. The number of fused-ring (bicyclic) bond motifs is 7. The van der Waals surface area contributed by atoms with Crippen LogP contribution < -0.4 is 10.1 Å². The molecule has 10 aromatic rings. The zero-order valence-corrected chi connectivity index (χ0v) is 41.2. The van der Waals surface area contributed by atoms with Crippen LogP contribution in [0.15, 0.2) is 230 Å². The predicted octanol–water partition coefficient (Wildman–Crippen LogP) is 17.3. The Morgan fingerprint density at radius 1 is 0.406 bits per heavy atom. The summed E-state index contributed by atoms with van der Waals surface area (Å²) in [6, 6.07) is 85.9. The topological polar surface area (TPSA) is 3.24 Å². The monoisotopic (exact) mass is 921 g/mol. The van der Waals surface area contributed by atoms with Gasteiger partial charge in [0.25, 0.3) is 0 Å². The third-order valence-electron chi connectivity index (χ3n) is 16.6. The fourth-order valence-corrected chi connectivity index (χ4v) is 17.3. The van der Waals surface area contributed by atoms with E-state index in [2.05, 4.69) is 248 Å². The molecule has 69 heavy (non-hydrogen) atoms. The molecule has 1 aromatic heterocycles. The van der Waals surface area contributed by atoms with Gasteiger partial charge in [-0.1, -0.05) is 226 Å². The number of thiophene rings is 1. The summed E-state index contributed by atoms with van der Waals surface area (Å²) in [7, 11) is -1.69. The summed E-state index contributed by atoms with van der Waals surface area (Å²) in [6.07, 6.45) is 6.91. The van der Waals surface area contributed by atoms with E-state index in [-0.39, 0.29) is 0 Å². The molecule has 1 saturated carbocycles. The molecule has 0 N–H and O–H groups in total. The van der Waals surface area contributed by atoms with Crippen molar-refractivity contribution in [1.29, 1.82) is 0 Å². The standard InChI is InChI=1S/C66H55NSSi/c1-69(2,54-25-13-6-14-26-54)55-36-31-50(32-37-55)66(49-23-11-5-12-24-49)61-30-18-16-28-57(61)59-39-34-53(45-63(59)66)67(51-35-40-64-46(43-51)41-42-68-64)52-33-38-58-56-27-15-17-29-60(56)65(62(58)44-52,47-19-7-3-8-20-47)48-21-9-4-10-22-48/h3-5,7-12,15-24,27-45,54H,6,13-14,25-26H2,1-2H3. The first-order valence-electron chi connectivity index (χ1n) is 25.0. The quantitative estimate of drug-likeness (QED) is 0.130. The number of rotatable bonds is 9. The molecule has 9 aromatic carbocycles. The summed E-state index contributed by atoms with van der Waals surface area (Å²) < 4.78 is 1.29. The summed E-state index contributed by atoms with van der Waals surface area (Å²) in [5, 5.41) is 5.05. The summed E-state index contributed by atoms with van der Waals surface area (Å²) in [5.74, 6) is 0.